The summed E-state index contributed by atoms with van der Waals surface area (Å²) in [5.41, 5.74) is 0. The first-order chi connectivity index (χ1) is 35.5. The Bertz CT molecular complexity index is 1430. The van der Waals surface area contributed by atoms with Crippen molar-refractivity contribution in [3.05, 3.63) is 97.2 Å². The number of esters is 3. The highest BCUT2D eigenvalue weighted by Crippen LogP contribution is 2.16. The number of ether oxygens (including phenoxy) is 3. The largest absolute Gasteiger partial charge is 0.462 e. The molecule has 0 spiro atoms. The second kappa shape index (κ2) is 59.9. The van der Waals surface area contributed by atoms with Gasteiger partial charge in [-0.05, 0) is 83.5 Å². The molecule has 0 aromatic rings. The number of allylic oxidation sites excluding steroid dienone is 16. The summed E-state index contributed by atoms with van der Waals surface area (Å²) < 4.78 is 16.8. The van der Waals surface area contributed by atoms with Crippen LogP contribution in [0.4, 0.5) is 0 Å². The Hall–Kier alpha value is -3.67. The van der Waals surface area contributed by atoms with E-state index in [0.717, 1.165) is 122 Å². The molecule has 0 saturated carbocycles. The van der Waals surface area contributed by atoms with Crippen molar-refractivity contribution in [3.8, 4) is 0 Å². The zero-order valence-corrected chi connectivity index (χ0v) is 47.2. The molecule has 0 heterocycles. The molecule has 0 aliphatic heterocycles. The van der Waals surface area contributed by atoms with Gasteiger partial charge in [0.1, 0.15) is 13.2 Å². The highest BCUT2D eigenvalue weighted by Gasteiger charge is 2.19. The summed E-state index contributed by atoms with van der Waals surface area (Å²) in [6.07, 6.45) is 79.8. The first-order valence-corrected chi connectivity index (χ1v) is 30.2. The van der Waals surface area contributed by atoms with Crippen molar-refractivity contribution >= 4 is 17.9 Å². The van der Waals surface area contributed by atoms with Crippen molar-refractivity contribution in [1.82, 2.24) is 0 Å². The smallest absolute Gasteiger partial charge is 0.306 e. The van der Waals surface area contributed by atoms with Crippen LogP contribution in [0.15, 0.2) is 97.2 Å². The molecule has 0 N–H and O–H groups in total. The number of carbonyl (C=O) groups excluding carboxylic acids is 3. The van der Waals surface area contributed by atoms with E-state index in [9.17, 15) is 14.4 Å². The van der Waals surface area contributed by atoms with Crippen molar-refractivity contribution in [2.75, 3.05) is 13.2 Å². The molecule has 0 aromatic heterocycles. The van der Waals surface area contributed by atoms with Crippen molar-refractivity contribution in [2.24, 2.45) is 0 Å². The molecular formula is C66H112O6. The third-order valence-corrected chi connectivity index (χ3v) is 12.9. The predicted octanol–water partition coefficient (Wildman–Crippen LogP) is 20.5. The molecule has 0 saturated heterocycles. The maximum Gasteiger partial charge on any atom is 0.306 e. The van der Waals surface area contributed by atoms with E-state index in [1.54, 1.807) is 0 Å². The molecule has 0 aliphatic rings. The van der Waals surface area contributed by atoms with Crippen LogP contribution >= 0.6 is 0 Å². The van der Waals surface area contributed by atoms with Gasteiger partial charge in [-0.25, -0.2) is 0 Å². The normalized spacial score (nSPS) is 12.8. The van der Waals surface area contributed by atoms with Crippen LogP contribution in [0.1, 0.15) is 284 Å². The Morgan fingerprint density at radius 2 is 0.542 bits per heavy atom. The van der Waals surface area contributed by atoms with Gasteiger partial charge in [0.15, 0.2) is 6.10 Å². The molecule has 412 valence electrons. The van der Waals surface area contributed by atoms with Crippen molar-refractivity contribution in [3.63, 3.8) is 0 Å². The Kier molecular flexibility index (Phi) is 56.8. The monoisotopic (exact) mass is 1000 g/mol. The fourth-order valence-electron chi connectivity index (χ4n) is 8.34. The van der Waals surface area contributed by atoms with Gasteiger partial charge in [-0.15, -0.1) is 0 Å². The van der Waals surface area contributed by atoms with Crippen molar-refractivity contribution in [1.29, 1.82) is 0 Å². The van der Waals surface area contributed by atoms with Gasteiger partial charge in [-0.2, -0.15) is 0 Å². The summed E-state index contributed by atoms with van der Waals surface area (Å²) in [7, 11) is 0. The van der Waals surface area contributed by atoms with Gasteiger partial charge in [0.05, 0.1) is 0 Å². The summed E-state index contributed by atoms with van der Waals surface area (Å²) in [5, 5.41) is 0. The average Bonchev–Trinajstić information content (AvgIpc) is 3.38. The van der Waals surface area contributed by atoms with E-state index in [1.165, 1.54) is 122 Å². The van der Waals surface area contributed by atoms with Crippen LogP contribution < -0.4 is 0 Å². The SMILES string of the molecule is CC/C=C\C/C=C\C/C=C\C/C=C\C/C=C\C/C=C\C/C=C\C/C=C\CCCCCCCCC(=O)OCC(COC(=O)CCCCCCCCCCCC)OC(=O)CCCCCCCCCCCCCCC. The quantitative estimate of drug-likeness (QED) is 0.0261. The van der Waals surface area contributed by atoms with E-state index < -0.39 is 6.10 Å². The van der Waals surface area contributed by atoms with Gasteiger partial charge in [0, 0.05) is 19.3 Å². The highest BCUT2D eigenvalue weighted by atomic mass is 16.6. The number of hydrogen-bond acceptors (Lipinski definition) is 6. The molecule has 0 rings (SSSR count). The lowest BCUT2D eigenvalue weighted by Crippen LogP contribution is -2.30. The van der Waals surface area contributed by atoms with Gasteiger partial charge in [0.2, 0.25) is 0 Å². The molecule has 6 nitrogen and oxygen atoms in total. The number of unbranched alkanes of at least 4 members (excludes halogenated alkanes) is 27. The van der Waals surface area contributed by atoms with Crippen molar-refractivity contribution in [2.45, 2.75) is 290 Å². The summed E-state index contributed by atoms with van der Waals surface area (Å²) in [5.74, 6) is -0.888. The molecule has 0 bridgehead atoms. The first kappa shape index (κ1) is 68.3. The highest BCUT2D eigenvalue weighted by molar-refractivity contribution is 5.71. The van der Waals surface area contributed by atoms with E-state index in [0.29, 0.717) is 19.3 Å². The van der Waals surface area contributed by atoms with Gasteiger partial charge in [0.25, 0.3) is 0 Å². The van der Waals surface area contributed by atoms with E-state index in [4.69, 9.17) is 14.2 Å². The summed E-state index contributed by atoms with van der Waals surface area (Å²) in [4.78, 5) is 38.1. The maximum atomic E-state index is 12.8. The fraction of sp³-hybridized carbons (Fsp3) is 0.712. The first-order valence-electron chi connectivity index (χ1n) is 30.2. The topological polar surface area (TPSA) is 78.9 Å². The minimum Gasteiger partial charge on any atom is -0.462 e. The lowest BCUT2D eigenvalue weighted by Gasteiger charge is -2.18. The number of hydrogen-bond donors (Lipinski definition) is 0. The Balaban J connectivity index is 4.23. The van der Waals surface area contributed by atoms with Crippen LogP contribution in [-0.2, 0) is 28.6 Å². The zero-order valence-electron chi connectivity index (χ0n) is 47.2. The Morgan fingerprint density at radius 1 is 0.292 bits per heavy atom. The van der Waals surface area contributed by atoms with Crippen LogP contribution in [0, 0.1) is 0 Å². The van der Waals surface area contributed by atoms with Crippen LogP contribution in [0.25, 0.3) is 0 Å². The number of rotatable bonds is 54. The third-order valence-electron chi connectivity index (χ3n) is 12.9. The van der Waals surface area contributed by atoms with Gasteiger partial charge >= 0.3 is 17.9 Å². The van der Waals surface area contributed by atoms with Gasteiger partial charge < -0.3 is 14.2 Å². The minimum absolute atomic E-state index is 0.0782. The zero-order chi connectivity index (χ0) is 52.2. The average molecular weight is 1000 g/mol. The summed E-state index contributed by atoms with van der Waals surface area (Å²) in [6, 6.07) is 0. The molecule has 0 radical (unpaired) electrons. The molecule has 6 heteroatoms. The van der Waals surface area contributed by atoms with E-state index in [-0.39, 0.29) is 31.1 Å². The molecule has 1 unspecified atom stereocenters. The van der Waals surface area contributed by atoms with Crippen LogP contribution in [0.2, 0.25) is 0 Å². The lowest BCUT2D eigenvalue weighted by molar-refractivity contribution is -0.167. The fourth-order valence-corrected chi connectivity index (χ4v) is 8.34. The molecule has 0 amide bonds. The molecule has 1 atom stereocenters. The second-order valence-corrected chi connectivity index (χ2v) is 19.9. The standard InChI is InChI=1S/C66H112O6/c1-4-7-10-13-16-19-22-24-25-26-27-28-29-30-31-32-33-34-35-36-37-38-39-40-41-43-44-47-50-53-56-59-65(68)71-62-63(61-70-64(67)58-55-52-49-46-21-18-15-12-9-6-3)72-66(69)60-57-54-51-48-45-42-23-20-17-14-11-8-5-2/h7,10,16,19,24-25,27-28,30-31,33-34,36-37,39-40,63H,4-6,8-9,11-15,17-18,20-23,26,29,32,35,38,41-62H2,1-3H3/b10-7-,19-16-,25-24-,28-27-,31-30-,34-33-,37-36-,40-39-. The van der Waals surface area contributed by atoms with Gasteiger partial charge in [-0.3, -0.25) is 14.4 Å². The second-order valence-electron chi connectivity index (χ2n) is 19.9. The van der Waals surface area contributed by atoms with E-state index in [1.807, 2.05) is 0 Å². The van der Waals surface area contributed by atoms with E-state index in [2.05, 4.69) is 118 Å². The number of carbonyl (C=O) groups is 3. The molecular weight excluding hydrogens is 889 g/mol. The maximum absolute atomic E-state index is 12.8. The van der Waals surface area contributed by atoms with Crippen molar-refractivity contribution < 1.29 is 28.6 Å². The van der Waals surface area contributed by atoms with E-state index >= 15 is 0 Å². The van der Waals surface area contributed by atoms with Crippen LogP contribution in [0.3, 0.4) is 0 Å². The summed E-state index contributed by atoms with van der Waals surface area (Å²) in [6.45, 7) is 6.51. The molecule has 0 fully saturated rings. The van der Waals surface area contributed by atoms with Crippen LogP contribution in [0.5, 0.6) is 0 Å². The van der Waals surface area contributed by atoms with Crippen LogP contribution in [-0.4, -0.2) is 37.2 Å². The molecule has 0 aliphatic carbocycles. The minimum atomic E-state index is -0.779. The lowest BCUT2D eigenvalue weighted by atomic mass is 10.0. The third kappa shape index (κ3) is 57.2. The Labute approximate surface area is 445 Å². The molecule has 0 aromatic carbocycles. The Morgan fingerprint density at radius 3 is 0.847 bits per heavy atom. The van der Waals surface area contributed by atoms with Gasteiger partial charge in [-0.1, -0.05) is 279 Å². The summed E-state index contributed by atoms with van der Waals surface area (Å²) >= 11 is 0. The molecule has 72 heavy (non-hydrogen) atoms. The predicted molar refractivity (Wildman–Crippen MR) is 311 cm³/mol.